The first-order valence-corrected chi connectivity index (χ1v) is 14.6. The number of nitrogen functional groups attached to an aromatic ring is 1. The van der Waals surface area contributed by atoms with Crippen molar-refractivity contribution in [3.05, 3.63) is 71.2 Å². The summed E-state index contributed by atoms with van der Waals surface area (Å²) in [5, 5.41) is 14.4. The van der Waals surface area contributed by atoms with Gasteiger partial charge in [0.1, 0.15) is 23.9 Å². The SMILES string of the molecule is Cc1cc(C)n(CCC(=O)N2C[C@@H]3C(=O)NCCCN(C(=O)c4cccc(N)n4)CCOc4cccc(c4)[C@H]3C2)n1.O=CO. The van der Waals surface area contributed by atoms with Crippen LogP contribution in [-0.4, -0.2) is 93.2 Å². The normalized spacial score (nSPS) is 18.5. The second kappa shape index (κ2) is 15.0. The van der Waals surface area contributed by atoms with Gasteiger partial charge in [0.25, 0.3) is 12.4 Å². The summed E-state index contributed by atoms with van der Waals surface area (Å²) in [6.45, 7) is 6.46. The number of amides is 3. The minimum absolute atomic E-state index is 0.00693. The van der Waals surface area contributed by atoms with Crippen molar-refractivity contribution in [2.45, 2.75) is 39.2 Å². The lowest BCUT2D eigenvalue weighted by atomic mass is 9.88. The molecule has 2 bridgehead atoms. The zero-order chi connectivity index (χ0) is 31.6. The maximum atomic E-state index is 13.4. The molecule has 3 aromatic rings. The number of hydrogen-bond acceptors (Lipinski definition) is 8. The van der Waals surface area contributed by atoms with Gasteiger partial charge in [0, 0.05) is 50.8 Å². The molecule has 0 spiro atoms. The zero-order valence-electron chi connectivity index (χ0n) is 25.0. The van der Waals surface area contributed by atoms with E-state index in [-0.39, 0.29) is 47.5 Å². The van der Waals surface area contributed by atoms with Crippen LogP contribution in [0.5, 0.6) is 5.75 Å². The van der Waals surface area contributed by atoms with E-state index in [4.69, 9.17) is 20.4 Å². The second-order valence-corrected chi connectivity index (χ2v) is 10.8. The summed E-state index contributed by atoms with van der Waals surface area (Å²) in [6, 6.07) is 14.7. The third-order valence-corrected chi connectivity index (χ3v) is 7.75. The Morgan fingerprint density at radius 3 is 2.57 bits per heavy atom. The molecule has 13 nitrogen and oxygen atoms in total. The van der Waals surface area contributed by atoms with E-state index in [2.05, 4.69) is 15.4 Å². The molecule has 3 amide bonds. The van der Waals surface area contributed by atoms with Crippen LogP contribution in [0.3, 0.4) is 0 Å². The van der Waals surface area contributed by atoms with Gasteiger partial charge >= 0.3 is 0 Å². The lowest BCUT2D eigenvalue weighted by Crippen LogP contribution is -2.39. The largest absolute Gasteiger partial charge is 0.492 e. The molecule has 1 saturated heterocycles. The van der Waals surface area contributed by atoms with Crippen LogP contribution in [0.15, 0.2) is 48.5 Å². The van der Waals surface area contributed by atoms with E-state index in [9.17, 15) is 14.4 Å². The minimum Gasteiger partial charge on any atom is -0.492 e. The van der Waals surface area contributed by atoms with E-state index in [1.54, 1.807) is 28.0 Å². The molecule has 0 saturated carbocycles. The van der Waals surface area contributed by atoms with Crippen molar-refractivity contribution in [1.29, 1.82) is 0 Å². The third kappa shape index (κ3) is 8.12. The van der Waals surface area contributed by atoms with Crippen molar-refractivity contribution >= 4 is 30.0 Å². The van der Waals surface area contributed by atoms with Crippen molar-refractivity contribution in [2.75, 3.05) is 45.1 Å². The number of aryl methyl sites for hydroxylation is 3. The van der Waals surface area contributed by atoms with Crippen molar-refractivity contribution in [3.63, 3.8) is 0 Å². The summed E-state index contributed by atoms with van der Waals surface area (Å²) in [4.78, 5) is 55.8. The molecule has 2 aromatic heterocycles. The Morgan fingerprint density at radius 1 is 1.09 bits per heavy atom. The van der Waals surface area contributed by atoms with Crippen LogP contribution in [-0.2, 0) is 20.9 Å². The number of fused-ring (bicyclic) bond motifs is 4. The topological polar surface area (TPSA) is 173 Å². The average Bonchev–Trinajstić information content (AvgIpc) is 3.59. The number of nitrogens with one attached hydrogen (secondary N) is 1. The number of carbonyl (C=O) groups is 4. The number of nitrogens with zero attached hydrogens (tertiary/aromatic N) is 5. The fourth-order valence-electron chi connectivity index (χ4n) is 5.64. The highest BCUT2D eigenvalue weighted by Gasteiger charge is 2.40. The molecule has 4 heterocycles. The van der Waals surface area contributed by atoms with Gasteiger partial charge in [0.05, 0.1) is 18.2 Å². The molecule has 1 aromatic carbocycles. The average molecular weight is 606 g/mol. The monoisotopic (exact) mass is 605 g/mol. The quantitative estimate of drug-likeness (QED) is 0.375. The van der Waals surface area contributed by atoms with E-state index in [1.165, 1.54) is 0 Å². The maximum Gasteiger partial charge on any atom is 0.290 e. The Morgan fingerprint density at radius 2 is 1.84 bits per heavy atom. The van der Waals surface area contributed by atoms with Gasteiger partial charge in [0.2, 0.25) is 11.8 Å². The summed E-state index contributed by atoms with van der Waals surface area (Å²) >= 11 is 0. The van der Waals surface area contributed by atoms with Crippen LogP contribution in [0.4, 0.5) is 5.82 Å². The maximum absolute atomic E-state index is 13.4. The van der Waals surface area contributed by atoms with Crippen molar-refractivity contribution in [3.8, 4) is 5.75 Å². The van der Waals surface area contributed by atoms with Gasteiger partial charge < -0.3 is 30.7 Å². The van der Waals surface area contributed by atoms with Crippen LogP contribution in [0, 0.1) is 19.8 Å². The molecule has 0 radical (unpaired) electrons. The number of benzene rings is 1. The van der Waals surface area contributed by atoms with Crippen molar-refractivity contribution < 1.29 is 29.0 Å². The Labute approximate surface area is 256 Å². The molecule has 2 aliphatic rings. The number of pyridine rings is 1. The third-order valence-electron chi connectivity index (χ3n) is 7.75. The number of nitrogens with two attached hydrogens (primary N) is 1. The number of likely N-dealkylation sites (tertiary alicyclic amines) is 1. The van der Waals surface area contributed by atoms with Crippen LogP contribution in [0.25, 0.3) is 0 Å². The van der Waals surface area contributed by atoms with E-state index in [0.717, 1.165) is 17.0 Å². The number of rotatable bonds is 4. The molecule has 234 valence electrons. The number of aromatic nitrogens is 3. The van der Waals surface area contributed by atoms with Crippen LogP contribution >= 0.6 is 0 Å². The Hall–Kier alpha value is -4.94. The van der Waals surface area contributed by atoms with Gasteiger partial charge in [0.15, 0.2) is 0 Å². The molecule has 5 rings (SSSR count). The van der Waals surface area contributed by atoms with Crippen LogP contribution in [0.1, 0.15) is 46.2 Å². The lowest BCUT2D eigenvalue weighted by Gasteiger charge is -2.24. The second-order valence-electron chi connectivity index (χ2n) is 10.8. The summed E-state index contributed by atoms with van der Waals surface area (Å²) in [5.74, 6) is 0.0755. The van der Waals surface area contributed by atoms with Gasteiger partial charge in [-0.05, 0) is 56.2 Å². The predicted molar refractivity (Wildman–Crippen MR) is 162 cm³/mol. The van der Waals surface area contributed by atoms with Gasteiger partial charge in [-0.15, -0.1) is 0 Å². The van der Waals surface area contributed by atoms with E-state index in [1.807, 2.05) is 48.9 Å². The van der Waals surface area contributed by atoms with Crippen molar-refractivity contribution in [2.24, 2.45) is 5.92 Å². The molecule has 2 aliphatic heterocycles. The van der Waals surface area contributed by atoms with E-state index in [0.29, 0.717) is 64.5 Å². The standard InChI is InChI=1S/C30H37N7O4.CH2O2/c1-20-16-21(2)37(34-20)13-10-28(38)36-18-24-22-6-3-7-23(17-22)41-15-14-35(12-5-11-32-29(39)25(24)19-36)30(40)26-8-4-9-27(31)33-26;2-1-3/h3-4,6-9,16-17,24-25H,5,10-15,18-19H2,1-2H3,(H2,31,33)(H,32,39);1H,(H,2,3)/t24-,25+;/m1./s1. The van der Waals surface area contributed by atoms with E-state index >= 15 is 0 Å². The number of carbonyl (C=O) groups excluding carboxylic acids is 3. The summed E-state index contributed by atoms with van der Waals surface area (Å²) in [5.41, 5.74) is 8.95. The van der Waals surface area contributed by atoms with Crippen molar-refractivity contribution in [1.82, 2.24) is 29.9 Å². The fourth-order valence-corrected chi connectivity index (χ4v) is 5.64. The zero-order valence-corrected chi connectivity index (χ0v) is 25.0. The highest BCUT2D eigenvalue weighted by molar-refractivity contribution is 5.92. The summed E-state index contributed by atoms with van der Waals surface area (Å²) in [6.07, 6.45) is 0.881. The van der Waals surface area contributed by atoms with E-state index < -0.39 is 0 Å². The number of carboxylic acid groups (broad SMARTS) is 1. The summed E-state index contributed by atoms with van der Waals surface area (Å²) < 4.78 is 7.90. The predicted octanol–water partition coefficient (Wildman–Crippen LogP) is 1.85. The first-order chi connectivity index (χ1) is 21.2. The molecular formula is C31H39N7O6. The summed E-state index contributed by atoms with van der Waals surface area (Å²) in [7, 11) is 0. The van der Waals surface area contributed by atoms with Gasteiger partial charge in [-0.25, -0.2) is 4.98 Å². The Kier molecular flexibility index (Phi) is 10.9. The number of hydrogen-bond donors (Lipinski definition) is 3. The molecule has 13 heteroatoms. The molecule has 0 unspecified atom stereocenters. The molecule has 44 heavy (non-hydrogen) atoms. The fraction of sp³-hybridized carbons (Fsp3) is 0.419. The smallest absolute Gasteiger partial charge is 0.290 e. The molecule has 2 atom stereocenters. The molecule has 4 N–H and O–H groups in total. The highest BCUT2D eigenvalue weighted by Crippen LogP contribution is 2.35. The Balaban J connectivity index is 0.00000141. The highest BCUT2D eigenvalue weighted by atomic mass is 16.5. The number of ether oxygens (including phenoxy) is 1. The first-order valence-electron chi connectivity index (χ1n) is 14.6. The van der Waals surface area contributed by atoms with Crippen LogP contribution < -0.4 is 15.8 Å². The minimum atomic E-state index is -0.389. The van der Waals surface area contributed by atoms with Crippen LogP contribution in [0.2, 0.25) is 0 Å². The molecule has 1 fully saturated rings. The lowest BCUT2D eigenvalue weighted by molar-refractivity contribution is -0.131. The first kappa shape index (κ1) is 32.0. The van der Waals surface area contributed by atoms with Gasteiger partial charge in [-0.2, -0.15) is 5.10 Å². The van der Waals surface area contributed by atoms with Gasteiger partial charge in [-0.1, -0.05) is 18.2 Å². The number of anilines is 1. The van der Waals surface area contributed by atoms with Gasteiger partial charge in [-0.3, -0.25) is 23.9 Å². The molecule has 0 aliphatic carbocycles. The Bertz CT molecular complexity index is 1480. The molecular weight excluding hydrogens is 566 g/mol.